The molecule has 0 aliphatic carbocycles. The first-order valence-corrected chi connectivity index (χ1v) is 6.81. The molecule has 1 aromatic carbocycles. The Labute approximate surface area is 121 Å². The van der Waals surface area contributed by atoms with Gasteiger partial charge in [0.15, 0.2) is 0 Å². The number of hydrogen-bond donors (Lipinski definition) is 0. The molecule has 3 aliphatic rings. The Morgan fingerprint density at radius 1 is 1.29 bits per heavy atom. The first-order chi connectivity index (χ1) is 10.1. The quantitative estimate of drug-likeness (QED) is 0.576. The molecule has 3 aliphatic heterocycles. The van der Waals surface area contributed by atoms with Gasteiger partial charge in [0.25, 0.3) is 0 Å². The van der Waals surface area contributed by atoms with Crippen LogP contribution in [0.2, 0.25) is 0 Å². The van der Waals surface area contributed by atoms with Gasteiger partial charge >= 0.3 is 0 Å². The highest BCUT2D eigenvalue weighted by Crippen LogP contribution is 2.52. The van der Waals surface area contributed by atoms with Crippen LogP contribution in [0.4, 0.5) is 5.69 Å². The lowest BCUT2D eigenvalue weighted by atomic mass is 9.78. The molecule has 2 saturated heterocycles. The molecule has 104 valence electrons. The highest BCUT2D eigenvalue weighted by molar-refractivity contribution is 6.23. The van der Waals surface area contributed by atoms with Crippen LogP contribution >= 0.6 is 0 Å². The van der Waals surface area contributed by atoms with Crippen molar-refractivity contribution in [2.45, 2.75) is 18.6 Å². The van der Waals surface area contributed by atoms with Crippen LogP contribution < -0.4 is 4.90 Å². The summed E-state index contributed by atoms with van der Waals surface area (Å²) < 4.78 is 5.76. The number of ether oxygens (including phenoxy) is 1. The Morgan fingerprint density at radius 2 is 2.05 bits per heavy atom. The van der Waals surface area contributed by atoms with Gasteiger partial charge in [-0.05, 0) is 19.1 Å². The largest absolute Gasteiger partial charge is 0.362 e. The van der Waals surface area contributed by atoms with Gasteiger partial charge in [-0.3, -0.25) is 9.59 Å². The normalized spacial score (nSPS) is 36.2. The SMILES string of the molecule is C[C@@]12C=C[C@H](O1)[C@@H]1C(=O)N(c3ccccc3C#N)C(=O)[C@@H]12. The number of carbonyl (C=O) groups is 2. The van der Waals surface area contributed by atoms with Crippen LogP contribution in [0.15, 0.2) is 36.4 Å². The number of anilines is 1. The van der Waals surface area contributed by atoms with E-state index in [0.29, 0.717) is 11.3 Å². The Balaban J connectivity index is 1.83. The van der Waals surface area contributed by atoms with Crippen molar-refractivity contribution in [2.24, 2.45) is 11.8 Å². The summed E-state index contributed by atoms with van der Waals surface area (Å²) >= 11 is 0. The monoisotopic (exact) mass is 280 g/mol. The lowest BCUT2D eigenvalue weighted by molar-refractivity contribution is -0.126. The zero-order valence-electron chi connectivity index (χ0n) is 11.3. The van der Waals surface area contributed by atoms with Crippen LogP contribution in [0.5, 0.6) is 0 Å². The minimum Gasteiger partial charge on any atom is -0.362 e. The van der Waals surface area contributed by atoms with E-state index in [-0.39, 0.29) is 17.9 Å². The first-order valence-electron chi connectivity index (χ1n) is 6.81. The number of para-hydroxylation sites is 1. The van der Waals surface area contributed by atoms with Crippen molar-refractivity contribution in [1.29, 1.82) is 5.26 Å². The van der Waals surface area contributed by atoms with E-state index in [2.05, 4.69) is 0 Å². The Bertz CT molecular complexity index is 748. The lowest BCUT2D eigenvalue weighted by Gasteiger charge is -2.24. The van der Waals surface area contributed by atoms with Crippen LogP contribution in [-0.2, 0) is 14.3 Å². The fourth-order valence-corrected chi connectivity index (χ4v) is 3.65. The molecule has 5 nitrogen and oxygen atoms in total. The van der Waals surface area contributed by atoms with Crippen molar-refractivity contribution in [3.63, 3.8) is 0 Å². The number of fused-ring (bicyclic) bond motifs is 5. The predicted molar refractivity (Wildman–Crippen MR) is 73.0 cm³/mol. The summed E-state index contributed by atoms with van der Waals surface area (Å²) in [6.45, 7) is 1.83. The molecular formula is C16H12N2O3. The van der Waals surface area contributed by atoms with E-state index < -0.39 is 17.4 Å². The van der Waals surface area contributed by atoms with Gasteiger partial charge in [-0.15, -0.1) is 0 Å². The standard InChI is InChI=1S/C16H12N2O3/c1-16-7-6-11(21-16)12-13(16)15(20)18(14(12)19)10-5-3-2-4-9(10)8-17/h2-7,11-13H,1H3/t11-,12-,13+,16-/m0/s1. The van der Waals surface area contributed by atoms with E-state index in [1.54, 1.807) is 24.3 Å². The number of rotatable bonds is 1. The molecule has 5 heteroatoms. The van der Waals surface area contributed by atoms with Gasteiger partial charge in [0.1, 0.15) is 6.07 Å². The van der Waals surface area contributed by atoms with Gasteiger partial charge in [-0.2, -0.15) is 5.26 Å². The third-order valence-corrected chi connectivity index (χ3v) is 4.59. The molecule has 2 fully saturated rings. The smallest absolute Gasteiger partial charge is 0.241 e. The summed E-state index contributed by atoms with van der Waals surface area (Å²) in [6.07, 6.45) is 3.38. The van der Waals surface area contributed by atoms with Gasteiger partial charge in [0, 0.05) is 0 Å². The Kier molecular flexibility index (Phi) is 2.23. The third-order valence-electron chi connectivity index (χ3n) is 4.59. The summed E-state index contributed by atoms with van der Waals surface area (Å²) in [5.74, 6) is -1.51. The lowest BCUT2D eigenvalue weighted by Crippen LogP contribution is -2.38. The summed E-state index contributed by atoms with van der Waals surface area (Å²) in [5, 5.41) is 9.18. The fourth-order valence-electron chi connectivity index (χ4n) is 3.65. The number of amides is 2. The van der Waals surface area contributed by atoms with Crippen molar-refractivity contribution in [2.75, 3.05) is 4.90 Å². The molecule has 2 bridgehead atoms. The molecule has 0 saturated carbocycles. The fraction of sp³-hybridized carbons (Fsp3) is 0.312. The topological polar surface area (TPSA) is 70.4 Å². The van der Waals surface area contributed by atoms with Crippen molar-refractivity contribution in [1.82, 2.24) is 0 Å². The number of imide groups is 1. The van der Waals surface area contributed by atoms with Crippen LogP contribution in [0.3, 0.4) is 0 Å². The molecule has 3 heterocycles. The molecular weight excluding hydrogens is 268 g/mol. The zero-order chi connectivity index (χ0) is 14.8. The van der Waals surface area contributed by atoms with E-state index in [0.717, 1.165) is 4.90 Å². The summed E-state index contributed by atoms with van der Waals surface area (Å²) in [5.41, 5.74) is -0.0174. The number of carbonyl (C=O) groups excluding carboxylic acids is 2. The summed E-state index contributed by atoms with van der Waals surface area (Å²) in [6, 6.07) is 8.70. The average Bonchev–Trinajstić information content (AvgIpc) is 3.08. The summed E-state index contributed by atoms with van der Waals surface area (Å²) in [7, 11) is 0. The van der Waals surface area contributed by atoms with Crippen molar-refractivity contribution in [3.8, 4) is 6.07 Å². The van der Waals surface area contributed by atoms with Crippen LogP contribution in [0, 0.1) is 23.2 Å². The van der Waals surface area contributed by atoms with Crippen molar-refractivity contribution in [3.05, 3.63) is 42.0 Å². The van der Waals surface area contributed by atoms with E-state index >= 15 is 0 Å². The van der Waals surface area contributed by atoms with E-state index in [9.17, 15) is 14.9 Å². The molecule has 2 amide bonds. The summed E-state index contributed by atoms with van der Waals surface area (Å²) in [4.78, 5) is 26.6. The average molecular weight is 280 g/mol. The third kappa shape index (κ3) is 1.38. The maximum Gasteiger partial charge on any atom is 0.241 e. The van der Waals surface area contributed by atoms with Gasteiger partial charge in [-0.1, -0.05) is 24.3 Å². The second kappa shape index (κ2) is 3.80. The molecule has 0 spiro atoms. The minimum atomic E-state index is -0.710. The highest BCUT2D eigenvalue weighted by atomic mass is 16.5. The molecule has 1 aromatic rings. The maximum atomic E-state index is 12.7. The van der Waals surface area contributed by atoms with Crippen molar-refractivity contribution < 1.29 is 14.3 Å². The van der Waals surface area contributed by atoms with E-state index in [4.69, 9.17) is 4.74 Å². The molecule has 0 N–H and O–H groups in total. The Hall–Kier alpha value is -2.45. The minimum absolute atomic E-state index is 0.272. The second-order valence-corrected chi connectivity index (χ2v) is 5.77. The van der Waals surface area contributed by atoms with Crippen LogP contribution in [0.25, 0.3) is 0 Å². The highest BCUT2D eigenvalue weighted by Gasteiger charge is 2.66. The second-order valence-electron chi connectivity index (χ2n) is 5.77. The van der Waals surface area contributed by atoms with Crippen LogP contribution in [-0.4, -0.2) is 23.5 Å². The molecule has 21 heavy (non-hydrogen) atoms. The van der Waals surface area contributed by atoms with E-state index in [1.165, 1.54) is 0 Å². The number of benzene rings is 1. The van der Waals surface area contributed by atoms with Gasteiger partial charge in [-0.25, -0.2) is 4.90 Å². The van der Waals surface area contributed by atoms with Gasteiger partial charge < -0.3 is 4.74 Å². The maximum absolute atomic E-state index is 12.7. The zero-order valence-corrected chi connectivity index (χ0v) is 11.3. The van der Waals surface area contributed by atoms with Gasteiger partial charge in [0.05, 0.1) is 34.8 Å². The number of nitrogens with zero attached hydrogens (tertiary/aromatic N) is 2. The molecule has 0 unspecified atom stereocenters. The van der Waals surface area contributed by atoms with Crippen molar-refractivity contribution >= 4 is 17.5 Å². The molecule has 4 atom stereocenters. The number of hydrogen-bond acceptors (Lipinski definition) is 4. The molecule has 4 rings (SSSR count). The van der Waals surface area contributed by atoms with Crippen LogP contribution in [0.1, 0.15) is 12.5 Å². The predicted octanol–water partition coefficient (Wildman–Crippen LogP) is 1.39. The first kappa shape index (κ1) is 12.3. The van der Waals surface area contributed by atoms with E-state index in [1.807, 2.05) is 25.1 Å². The number of nitriles is 1. The van der Waals surface area contributed by atoms with Gasteiger partial charge in [0.2, 0.25) is 11.8 Å². The molecule has 0 aromatic heterocycles. The Morgan fingerprint density at radius 3 is 2.76 bits per heavy atom. The molecule has 0 radical (unpaired) electrons.